The van der Waals surface area contributed by atoms with E-state index in [4.69, 9.17) is 24.1 Å². The van der Waals surface area contributed by atoms with Gasteiger partial charge in [0.15, 0.2) is 22.9 Å². The summed E-state index contributed by atoms with van der Waals surface area (Å²) in [5.41, 5.74) is 0.717. The lowest BCUT2D eigenvalue weighted by molar-refractivity contribution is -0.133. The molecule has 1 saturated heterocycles. The van der Waals surface area contributed by atoms with Gasteiger partial charge in [-0.25, -0.2) is 0 Å². The normalized spacial score (nSPS) is 20.5. The number of carbonyl (C=O) groups is 3. The van der Waals surface area contributed by atoms with Crippen LogP contribution >= 0.6 is 0 Å². The van der Waals surface area contributed by atoms with Crippen molar-refractivity contribution < 1.29 is 43.5 Å². The summed E-state index contributed by atoms with van der Waals surface area (Å²) in [5, 5.41) is 21.9. The number of ketones is 1. The van der Waals surface area contributed by atoms with Crippen molar-refractivity contribution in [1.82, 2.24) is 10.6 Å². The van der Waals surface area contributed by atoms with Gasteiger partial charge in [0.2, 0.25) is 17.6 Å². The summed E-state index contributed by atoms with van der Waals surface area (Å²) >= 11 is 0. The number of fused-ring (bicyclic) bond motifs is 1. The van der Waals surface area contributed by atoms with Crippen molar-refractivity contribution in [2.45, 2.75) is 51.2 Å². The zero-order chi connectivity index (χ0) is 27.8. The first-order chi connectivity index (χ1) is 17.7. The Morgan fingerprint density at radius 1 is 1.14 bits per heavy atom. The number of methoxy groups -OCH3 is 3. The van der Waals surface area contributed by atoms with Gasteiger partial charge in [0.1, 0.15) is 0 Å². The quantitative estimate of drug-likeness (QED) is 0.284. The highest BCUT2D eigenvalue weighted by molar-refractivity contribution is 5.97. The molecule has 1 aromatic carbocycles. The van der Waals surface area contributed by atoms with Crippen molar-refractivity contribution in [2.24, 2.45) is 11.8 Å². The van der Waals surface area contributed by atoms with Crippen LogP contribution in [0.25, 0.3) is 0 Å². The zero-order valence-electron chi connectivity index (χ0n) is 22.5. The Morgan fingerprint density at radius 2 is 1.78 bits per heavy atom. The Hall–Kier alpha value is -2.89. The van der Waals surface area contributed by atoms with E-state index < -0.39 is 24.2 Å². The van der Waals surface area contributed by atoms with Gasteiger partial charge in [0.05, 0.1) is 47.1 Å². The minimum absolute atomic E-state index is 0.142. The number of rotatable bonds is 12. The second-order valence-electron chi connectivity index (χ2n) is 9.50. The molecule has 0 bridgehead atoms. The highest BCUT2D eigenvalue weighted by Crippen LogP contribution is 2.45. The third kappa shape index (κ3) is 7.12. The Balaban J connectivity index is 0.00000235. The number of benzene rings is 1. The van der Waals surface area contributed by atoms with Crippen LogP contribution in [0.2, 0.25) is 0 Å². The summed E-state index contributed by atoms with van der Waals surface area (Å²) in [4.78, 5) is 38.2. The first-order valence-electron chi connectivity index (χ1n) is 12.3. The van der Waals surface area contributed by atoms with E-state index in [1.165, 1.54) is 0 Å². The van der Waals surface area contributed by atoms with Crippen LogP contribution in [0.15, 0.2) is 6.07 Å². The maximum Gasteiger partial charge on any atom is 0.239 e. The van der Waals surface area contributed by atoms with Gasteiger partial charge >= 0.3 is 0 Å². The lowest BCUT2D eigenvalue weighted by Gasteiger charge is -2.27. The molecule has 3 rings (SSSR count). The minimum Gasteiger partial charge on any atom is -0.493 e. The number of amides is 2. The summed E-state index contributed by atoms with van der Waals surface area (Å²) < 4.78 is 21.6. The predicted molar refractivity (Wildman–Crippen MR) is 135 cm³/mol. The van der Waals surface area contributed by atoms with Crippen LogP contribution in [0.5, 0.6) is 17.2 Å². The van der Waals surface area contributed by atoms with Gasteiger partial charge in [-0.1, -0.05) is 13.8 Å². The van der Waals surface area contributed by atoms with Crippen LogP contribution in [0.4, 0.5) is 0 Å². The molecule has 3 atom stereocenters. The molecule has 0 saturated carbocycles. The van der Waals surface area contributed by atoms with E-state index in [9.17, 15) is 19.5 Å². The molecule has 11 nitrogen and oxygen atoms in total. The van der Waals surface area contributed by atoms with Crippen molar-refractivity contribution in [2.75, 3.05) is 48.2 Å². The molecule has 1 aliphatic heterocycles. The average Bonchev–Trinajstić information content (AvgIpc) is 3.71. The van der Waals surface area contributed by atoms with Gasteiger partial charge in [-0.2, -0.15) is 0 Å². The molecule has 208 valence electrons. The molecule has 0 aromatic heterocycles. The molecule has 3 unspecified atom stereocenters. The molecule has 1 fully saturated rings. The average molecular weight is 525 g/mol. The molecule has 0 spiro atoms. The summed E-state index contributed by atoms with van der Waals surface area (Å²) in [6, 6.07) is 1.08. The summed E-state index contributed by atoms with van der Waals surface area (Å²) in [5.74, 6) is 0.464. The molecule has 37 heavy (non-hydrogen) atoms. The maximum absolute atomic E-state index is 12.9. The van der Waals surface area contributed by atoms with E-state index in [0.717, 1.165) is 18.2 Å². The lowest BCUT2D eigenvalue weighted by Crippen LogP contribution is -2.51. The SMILES string of the molecule is CO.COc1cc2c(c(OC)c1OC)CCC(C(=O)NCC(=O)NC(CC(C)C)C(=O)C1(CO)CO1)C2. The topological polar surface area (TPSA) is 156 Å². The summed E-state index contributed by atoms with van der Waals surface area (Å²) in [7, 11) is 5.67. The van der Waals surface area contributed by atoms with E-state index in [0.29, 0.717) is 42.9 Å². The zero-order valence-corrected chi connectivity index (χ0v) is 22.5. The predicted octanol–water partition coefficient (Wildman–Crippen LogP) is 0.403. The molecular weight excluding hydrogens is 484 g/mol. The highest BCUT2D eigenvalue weighted by atomic mass is 16.6. The Morgan fingerprint density at radius 3 is 2.30 bits per heavy atom. The highest BCUT2D eigenvalue weighted by Gasteiger charge is 2.54. The number of hydrogen-bond acceptors (Lipinski definition) is 9. The van der Waals surface area contributed by atoms with E-state index in [1.807, 2.05) is 19.9 Å². The van der Waals surface area contributed by atoms with E-state index in [2.05, 4.69) is 10.6 Å². The third-order valence-corrected chi connectivity index (χ3v) is 6.58. The van der Waals surface area contributed by atoms with Gasteiger partial charge in [0.25, 0.3) is 0 Å². The first kappa shape index (κ1) is 30.3. The Kier molecular flexibility index (Phi) is 11.1. The van der Waals surface area contributed by atoms with Gasteiger partial charge < -0.3 is 39.8 Å². The van der Waals surface area contributed by atoms with Gasteiger partial charge in [-0.15, -0.1) is 0 Å². The molecule has 11 heteroatoms. The molecule has 1 heterocycles. The number of nitrogens with one attached hydrogen (secondary N) is 2. The number of aliphatic hydroxyl groups is 2. The Labute approximate surface area is 217 Å². The molecule has 2 amide bonds. The number of aliphatic hydroxyl groups excluding tert-OH is 2. The second kappa shape index (κ2) is 13.6. The van der Waals surface area contributed by atoms with Crippen LogP contribution in [0.3, 0.4) is 0 Å². The monoisotopic (exact) mass is 524 g/mol. The fourth-order valence-corrected chi connectivity index (χ4v) is 4.61. The van der Waals surface area contributed by atoms with Crippen molar-refractivity contribution in [3.05, 3.63) is 17.2 Å². The van der Waals surface area contributed by atoms with Crippen molar-refractivity contribution in [3.63, 3.8) is 0 Å². The van der Waals surface area contributed by atoms with Crippen LogP contribution in [0, 0.1) is 11.8 Å². The number of Topliss-reactive ketones (excluding diaryl/α,β-unsaturated/α-hetero) is 1. The fraction of sp³-hybridized carbons (Fsp3) is 0.654. The molecule has 4 N–H and O–H groups in total. The molecule has 1 aliphatic carbocycles. The fourth-order valence-electron chi connectivity index (χ4n) is 4.61. The van der Waals surface area contributed by atoms with Crippen LogP contribution < -0.4 is 24.8 Å². The van der Waals surface area contributed by atoms with Crippen LogP contribution in [-0.4, -0.2) is 87.7 Å². The Bertz CT molecular complexity index is 960. The molecular formula is C26H40N2O9. The van der Waals surface area contributed by atoms with Crippen LogP contribution in [0.1, 0.15) is 37.8 Å². The standard InChI is InChI=1S/C25H36N2O8.CH4O/c1-14(2)8-18(23(30)25(12-28)13-35-25)27-20(29)11-26-24(31)15-6-7-17-16(9-15)10-19(32-3)22(34-5)21(17)33-4;1-2/h10,14-15,18,28H,6-9,11-13H2,1-5H3,(H,26,31)(H,27,29);2H,1H3. The number of ether oxygens (including phenoxy) is 4. The van der Waals surface area contributed by atoms with Gasteiger partial charge in [-0.3, -0.25) is 14.4 Å². The van der Waals surface area contributed by atoms with E-state index in [1.54, 1.807) is 21.3 Å². The van der Waals surface area contributed by atoms with Gasteiger partial charge in [-0.05, 0) is 43.2 Å². The maximum atomic E-state index is 12.9. The molecule has 1 aromatic rings. The van der Waals surface area contributed by atoms with Crippen molar-refractivity contribution >= 4 is 17.6 Å². The van der Waals surface area contributed by atoms with Crippen LogP contribution in [-0.2, 0) is 32.0 Å². The second-order valence-corrected chi connectivity index (χ2v) is 9.50. The lowest BCUT2D eigenvalue weighted by atomic mass is 9.82. The molecule has 2 aliphatic rings. The third-order valence-electron chi connectivity index (χ3n) is 6.58. The summed E-state index contributed by atoms with van der Waals surface area (Å²) in [6.07, 6.45) is 2.11. The van der Waals surface area contributed by atoms with Crippen molar-refractivity contribution in [3.8, 4) is 17.2 Å². The van der Waals surface area contributed by atoms with E-state index in [-0.39, 0.29) is 36.7 Å². The van der Waals surface area contributed by atoms with E-state index >= 15 is 0 Å². The summed E-state index contributed by atoms with van der Waals surface area (Å²) in [6.45, 7) is 3.36. The van der Waals surface area contributed by atoms with Crippen molar-refractivity contribution in [1.29, 1.82) is 0 Å². The smallest absolute Gasteiger partial charge is 0.239 e. The largest absolute Gasteiger partial charge is 0.493 e. The minimum atomic E-state index is -1.21. The van der Waals surface area contributed by atoms with Gasteiger partial charge in [0, 0.05) is 18.6 Å². The number of hydrogen-bond donors (Lipinski definition) is 4. The first-order valence-corrected chi connectivity index (χ1v) is 12.3. The number of carbonyl (C=O) groups excluding carboxylic acids is 3. The number of epoxide rings is 1. The molecule has 0 radical (unpaired) electrons.